The smallest absolute Gasteiger partial charge is 0.281 e. The molecular weight excluding hydrogens is 312 g/mol. The number of phenols is 1. The van der Waals surface area contributed by atoms with Gasteiger partial charge in [0.05, 0.1) is 18.2 Å². The van der Waals surface area contributed by atoms with Gasteiger partial charge >= 0.3 is 0 Å². The second-order valence-corrected chi connectivity index (χ2v) is 6.53. The van der Waals surface area contributed by atoms with E-state index in [9.17, 15) is 9.90 Å². The van der Waals surface area contributed by atoms with E-state index in [2.05, 4.69) is 10.5 Å². The van der Waals surface area contributed by atoms with Crippen molar-refractivity contribution in [2.45, 2.75) is 25.7 Å². The number of aryl methyl sites for hydroxylation is 2. The van der Waals surface area contributed by atoms with Gasteiger partial charge in [0.2, 0.25) is 0 Å². The lowest BCUT2D eigenvalue weighted by Gasteiger charge is -2.08. The van der Waals surface area contributed by atoms with Crippen molar-refractivity contribution in [2.24, 2.45) is 5.10 Å². The SMILES string of the molecule is COc1ccc(C=NNC(=O)c2cc3c(s2)CCCC3)cc1O. The van der Waals surface area contributed by atoms with Crippen LogP contribution in [0.3, 0.4) is 0 Å². The van der Waals surface area contributed by atoms with Crippen LogP contribution in [0.2, 0.25) is 0 Å². The lowest BCUT2D eigenvalue weighted by Crippen LogP contribution is -2.16. The van der Waals surface area contributed by atoms with Crippen LogP contribution in [-0.4, -0.2) is 24.3 Å². The van der Waals surface area contributed by atoms with E-state index in [1.54, 1.807) is 23.5 Å². The molecule has 120 valence electrons. The van der Waals surface area contributed by atoms with Crippen LogP contribution < -0.4 is 10.2 Å². The number of thiophene rings is 1. The average Bonchev–Trinajstić information content (AvgIpc) is 2.99. The van der Waals surface area contributed by atoms with Crippen molar-refractivity contribution in [3.8, 4) is 11.5 Å². The van der Waals surface area contributed by atoms with Crippen LogP contribution in [0.1, 0.15) is 38.5 Å². The number of nitrogens with one attached hydrogen (secondary N) is 1. The number of amides is 1. The Morgan fingerprint density at radius 2 is 2.17 bits per heavy atom. The minimum Gasteiger partial charge on any atom is -0.504 e. The molecule has 1 aliphatic carbocycles. The third-order valence-electron chi connectivity index (χ3n) is 3.80. The minimum atomic E-state index is -0.196. The summed E-state index contributed by atoms with van der Waals surface area (Å²) in [4.78, 5) is 14.2. The highest BCUT2D eigenvalue weighted by Gasteiger charge is 2.16. The Balaban J connectivity index is 1.64. The van der Waals surface area contributed by atoms with Crippen LogP contribution in [0.5, 0.6) is 11.5 Å². The first-order valence-corrected chi connectivity index (χ1v) is 8.31. The Bertz CT molecular complexity index is 729. The molecule has 0 spiro atoms. The number of rotatable bonds is 4. The van der Waals surface area contributed by atoms with Gasteiger partial charge in [-0.3, -0.25) is 4.79 Å². The molecule has 0 aliphatic heterocycles. The number of aromatic hydroxyl groups is 1. The van der Waals surface area contributed by atoms with E-state index in [1.165, 1.54) is 42.7 Å². The number of nitrogens with zero attached hydrogens (tertiary/aromatic N) is 1. The summed E-state index contributed by atoms with van der Waals surface area (Å²) in [6, 6.07) is 6.89. The van der Waals surface area contributed by atoms with Gasteiger partial charge in [0, 0.05) is 4.88 Å². The number of phenolic OH excluding ortho intramolecular Hbond substituents is 1. The summed E-state index contributed by atoms with van der Waals surface area (Å²) in [5.74, 6) is 0.238. The molecule has 0 atom stereocenters. The summed E-state index contributed by atoms with van der Waals surface area (Å²) in [7, 11) is 1.49. The molecule has 0 radical (unpaired) electrons. The topological polar surface area (TPSA) is 70.9 Å². The molecule has 5 nitrogen and oxygen atoms in total. The predicted molar refractivity (Wildman–Crippen MR) is 90.7 cm³/mol. The van der Waals surface area contributed by atoms with E-state index in [0.717, 1.165) is 12.8 Å². The van der Waals surface area contributed by atoms with E-state index in [-0.39, 0.29) is 11.7 Å². The number of ether oxygens (including phenoxy) is 1. The van der Waals surface area contributed by atoms with Crippen LogP contribution in [0, 0.1) is 0 Å². The summed E-state index contributed by atoms with van der Waals surface area (Å²) in [6.07, 6.45) is 6.03. The van der Waals surface area contributed by atoms with Crippen molar-refractivity contribution in [2.75, 3.05) is 7.11 Å². The Morgan fingerprint density at radius 3 is 2.91 bits per heavy atom. The zero-order valence-corrected chi connectivity index (χ0v) is 13.7. The van der Waals surface area contributed by atoms with Crippen molar-refractivity contribution in [3.05, 3.63) is 45.1 Å². The van der Waals surface area contributed by atoms with Gasteiger partial charge in [0.15, 0.2) is 11.5 Å². The standard InChI is InChI=1S/C17H18N2O3S/c1-22-14-7-6-11(8-13(14)20)10-18-19-17(21)16-9-12-4-2-3-5-15(12)23-16/h6-10,20H,2-5H2,1H3,(H,19,21). The molecule has 1 amide bonds. The first-order valence-electron chi connectivity index (χ1n) is 7.49. The molecule has 1 aliphatic rings. The average molecular weight is 330 g/mol. The fourth-order valence-electron chi connectivity index (χ4n) is 2.61. The number of benzene rings is 1. The number of hydrazone groups is 1. The number of fused-ring (bicyclic) bond motifs is 1. The van der Waals surface area contributed by atoms with Gasteiger partial charge in [-0.05, 0) is 61.1 Å². The van der Waals surface area contributed by atoms with Crippen molar-refractivity contribution < 1.29 is 14.6 Å². The zero-order chi connectivity index (χ0) is 16.2. The highest BCUT2D eigenvalue weighted by Crippen LogP contribution is 2.29. The van der Waals surface area contributed by atoms with Gasteiger partial charge in [0.1, 0.15) is 0 Å². The molecule has 1 aromatic heterocycles. The van der Waals surface area contributed by atoms with E-state index >= 15 is 0 Å². The first kappa shape index (κ1) is 15.6. The lowest BCUT2D eigenvalue weighted by molar-refractivity contribution is 0.0959. The van der Waals surface area contributed by atoms with Crippen molar-refractivity contribution in [3.63, 3.8) is 0 Å². The van der Waals surface area contributed by atoms with Gasteiger partial charge in [-0.15, -0.1) is 11.3 Å². The summed E-state index contributed by atoms with van der Waals surface area (Å²) in [6.45, 7) is 0. The second-order valence-electron chi connectivity index (χ2n) is 5.40. The van der Waals surface area contributed by atoms with Crippen LogP contribution in [0.25, 0.3) is 0 Å². The normalized spacial score (nSPS) is 13.8. The van der Waals surface area contributed by atoms with E-state index in [1.807, 2.05) is 6.07 Å². The molecule has 1 heterocycles. The molecule has 2 N–H and O–H groups in total. The summed E-state index contributed by atoms with van der Waals surface area (Å²) >= 11 is 1.55. The maximum absolute atomic E-state index is 12.1. The van der Waals surface area contributed by atoms with Crippen molar-refractivity contribution in [1.29, 1.82) is 0 Å². The monoisotopic (exact) mass is 330 g/mol. The number of methoxy groups -OCH3 is 1. The number of hydrogen-bond donors (Lipinski definition) is 2. The highest BCUT2D eigenvalue weighted by atomic mass is 32.1. The first-order chi connectivity index (χ1) is 11.2. The van der Waals surface area contributed by atoms with Crippen LogP contribution in [0.4, 0.5) is 0 Å². The molecular formula is C17H18N2O3S. The van der Waals surface area contributed by atoms with Gasteiger partial charge in [-0.2, -0.15) is 5.10 Å². The Kier molecular flexibility index (Phi) is 4.62. The fourth-order valence-corrected chi connectivity index (χ4v) is 3.75. The van der Waals surface area contributed by atoms with E-state index < -0.39 is 0 Å². The third-order valence-corrected chi connectivity index (χ3v) is 5.04. The van der Waals surface area contributed by atoms with Crippen LogP contribution in [-0.2, 0) is 12.8 Å². The van der Waals surface area contributed by atoms with Gasteiger partial charge < -0.3 is 9.84 Å². The lowest BCUT2D eigenvalue weighted by atomic mass is 9.99. The molecule has 0 unspecified atom stereocenters. The van der Waals surface area contributed by atoms with E-state index in [4.69, 9.17) is 4.74 Å². The van der Waals surface area contributed by atoms with Crippen LogP contribution in [0.15, 0.2) is 29.4 Å². The maximum atomic E-state index is 12.1. The zero-order valence-electron chi connectivity index (χ0n) is 12.8. The molecule has 6 heteroatoms. The molecule has 0 bridgehead atoms. The van der Waals surface area contributed by atoms with Gasteiger partial charge in [-0.1, -0.05) is 0 Å². The molecule has 2 aromatic rings. The maximum Gasteiger partial charge on any atom is 0.281 e. The summed E-state index contributed by atoms with van der Waals surface area (Å²) < 4.78 is 4.98. The summed E-state index contributed by atoms with van der Waals surface area (Å²) in [5, 5.41) is 13.6. The number of carbonyl (C=O) groups is 1. The summed E-state index contributed by atoms with van der Waals surface area (Å²) in [5.41, 5.74) is 4.51. The van der Waals surface area contributed by atoms with Crippen molar-refractivity contribution in [1.82, 2.24) is 5.43 Å². The molecule has 1 aromatic carbocycles. The minimum absolute atomic E-state index is 0.0358. The molecule has 0 fully saturated rings. The van der Waals surface area contributed by atoms with E-state index in [0.29, 0.717) is 16.2 Å². The van der Waals surface area contributed by atoms with Crippen molar-refractivity contribution >= 4 is 23.5 Å². The van der Waals surface area contributed by atoms with Gasteiger partial charge in [0.25, 0.3) is 5.91 Å². The number of carbonyl (C=O) groups excluding carboxylic acids is 1. The largest absolute Gasteiger partial charge is 0.504 e. The third kappa shape index (κ3) is 3.53. The Hall–Kier alpha value is -2.34. The van der Waals surface area contributed by atoms with Crippen LogP contribution >= 0.6 is 11.3 Å². The molecule has 0 saturated heterocycles. The van der Waals surface area contributed by atoms with Gasteiger partial charge in [-0.25, -0.2) is 5.43 Å². The second kappa shape index (κ2) is 6.83. The Labute approximate surface area is 138 Å². The quantitative estimate of drug-likeness (QED) is 0.668. The fraction of sp³-hybridized carbons (Fsp3) is 0.294. The highest BCUT2D eigenvalue weighted by molar-refractivity contribution is 7.14. The number of hydrogen-bond acceptors (Lipinski definition) is 5. The molecule has 0 saturated carbocycles. The predicted octanol–water partition coefficient (Wildman–Crippen LogP) is 3.11. The Morgan fingerprint density at radius 1 is 1.35 bits per heavy atom. The molecule has 23 heavy (non-hydrogen) atoms. The molecule has 3 rings (SSSR count).